The van der Waals surface area contributed by atoms with Crippen LogP contribution in [0.3, 0.4) is 0 Å². The molecular formula is C17H15Cl2FN2O4S. The number of hydrogen-bond donors (Lipinski definition) is 1. The Balaban J connectivity index is 1.81. The lowest BCUT2D eigenvalue weighted by Gasteiger charge is -2.29. The fourth-order valence-corrected chi connectivity index (χ4v) is 3.88. The summed E-state index contributed by atoms with van der Waals surface area (Å²) in [6.07, 6.45) is 0.714. The van der Waals surface area contributed by atoms with Crippen LogP contribution in [0.4, 0.5) is 4.39 Å². The summed E-state index contributed by atoms with van der Waals surface area (Å²) in [6, 6.07) is 6.81. The Kier molecular flexibility index (Phi) is 5.62. The molecule has 1 heterocycles. The first-order valence-electron chi connectivity index (χ1n) is 7.92. The van der Waals surface area contributed by atoms with E-state index in [4.69, 9.17) is 27.9 Å². The molecule has 1 aliphatic rings. The number of rotatable bonds is 5. The number of carbonyl (C=O) groups excluding carboxylic acids is 1. The first-order chi connectivity index (χ1) is 12.7. The van der Waals surface area contributed by atoms with Crippen LogP contribution in [0.5, 0.6) is 11.5 Å². The lowest BCUT2D eigenvalue weighted by Crippen LogP contribution is -2.49. The normalized spacial score (nSPS) is 14.5. The van der Waals surface area contributed by atoms with Crippen LogP contribution in [-0.4, -0.2) is 31.7 Å². The average molecular weight is 433 g/mol. The molecule has 144 valence electrons. The van der Waals surface area contributed by atoms with Gasteiger partial charge in [0.15, 0.2) is 0 Å². The van der Waals surface area contributed by atoms with E-state index in [1.54, 1.807) is 25.1 Å². The third-order valence-electron chi connectivity index (χ3n) is 4.00. The maximum Gasteiger partial charge on any atom is 0.304 e. The van der Waals surface area contributed by atoms with Crippen molar-refractivity contribution in [3.63, 3.8) is 0 Å². The molecule has 0 bridgehead atoms. The first-order valence-corrected chi connectivity index (χ1v) is 10.1. The summed E-state index contributed by atoms with van der Waals surface area (Å²) >= 11 is 12.0. The number of aryl methyl sites for hydroxylation is 1. The van der Waals surface area contributed by atoms with Gasteiger partial charge in [-0.3, -0.25) is 4.79 Å². The van der Waals surface area contributed by atoms with Crippen molar-refractivity contribution in [2.24, 2.45) is 0 Å². The highest BCUT2D eigenvalue weighted by molar-refractivity contribution is 7.87. The van der Waals surface area contributed by atoms with Crippen LogP contribution in [0.25, 0.3) is 0 Å². The standard InChI is InChI=1S/C17H15Cl2FN2O4S/c1-10-7-11(3-4-13(10)18)26-16-9-15(20)12(8-14(16)19)17(23)21-27(24,25)22-5-2-6-22/h3-4,7-9H,2,5-6H2,1H3,(H,21,23). The van der Waals surface area contributed by atoms with Crippen LogP contribution in [0.1, 0.15) is 22.3 Å². The van der Waals surface area contributed by atoms with Crippen molar-refractivity contribution < 1.29 is 22.3 Å². The second kappa shape index (κ2) is 7.63. The van der Waals surface area contributed by atoms with Gasteiger partial charge < -0.3 is 4.74 Å². The van der Waals surface area contributed by atoms with Gasteiger partial charge in [-0.2, -0.15) is 12.7 Å². The minimum atomic E-state index is -3.99. The Hall–Kier alpha value is -1.87. The van der Waals surface area contributed by atoms with Crippen molar-refractivity contribution in [3.05, 3.63) is 57.3 Å². The number of amides is 1. The smallest absolute Gasteiger partial charge is 0.304 e. The number of carbonyl (C=O) groups is 1. The van der Waals surface area contributed by atoms with E-state index in [0.29, 0.717) is 30.3 Å². The number of benzene rings is 2. The lowest BCUT2D eigenvalue weighted by molar-refractivity contribution is 0.0973. The summed E-state index contributed by atoms with van der Waals surface area (Å²) in [5.74, 6) is -1.69. The number of ether oxygens (including phenoxy) is 1. The number of nitrogens with zero attached hydrogens (tertiary/aromatic N) is 1. The van der Waals surface area contributed by atoms with Gasteiger partial charge in [0.2, 0.25) is 0 Å². The Labute approximate surface area is 166 Å². The van der Waals surface area contributed by atoms with Gasteiger partial charge in [0.05, 0.1) is 10.6 Å². The highest BCUT2D eigenvalue weighted by Crippen LogP contribution is 2.33. The number of halogens is 3. The molecule has 0 aromatic heterocycles. The quantitative estimate of drug-likeness (QED) is 0.776. The van der Waals surface area contributed by atoms with Crippen molar-refractivity contribution in [1.29, 1.82) is 0 Å². The molecule has 0 radical (unpaired) electrons. The molecule has 1 fully saturated rings. The Morgan fingerprint density at radius 3 is 2.48 bits per heavy atom. The van der Waals surface area contributed by atoms with E-state index in [-0.39, 0.29) is 10.8 Å². The van der Waals surface area contributed by atoms with Gasteiger partial charge in [0, 0.05) is 24.2 Å². The topological polar surface area (TPSA) is 75.7 Å². The van der Waals surface area contributed by atoms with Crippen LogP contribution < -0.4 is 9.46 Å². The van der Waals surface area contributed by atoms with E-state index >= 15 is 0 Å². The first kappa shape index (κ1) is 19.9. The van der Waals surface area contributed by atoms with Crippen LogP contribution in [-0.2, 0) is 10.2 Å². The average Bonchev–Trinajstić information content (AvgIpc) is 2.51. The Morgan fingerprint density at radius 1 is 1.19 bits per heavy atom. The second-order valence-electron chi connectivity index (χ2n) is 5.96. The minimum absolute atomic E-state index is 0.0157. The van der Waals surface area contributed by atoms with E-state index in [9.17, 15) is 17.6 Å². The van der Waals surface area contributed by atoms with Crippen molar-refractivity contribution in [2.45, 2.75) is 13.3 Å². The molecule has 1 aliphatic heterocycles. The van der Waals surface area contributed by atoms with Gasteiger partial charge in [-0.25, -0.2) is 9.11 Å². The van der Waals surface area contributed by atoms with Crippen LogP contribution >= 0.6 is 23.2 Å². The van der Waals surface area contributed by atoms with E-state index in [1.165, 1.54) is 0 Å². The van der Waals surface area contributed by atoms with Crippen molar-refractivity contribution in [2.75, 3.05) is 13.1 Å². The predicted octanol–water partition coefficient (Wildman–Crippen LogP) is 3.91. The maximum atomic E-state index is 14.4. The van der Waals surface area contributed by atoms with Crippen LogP contribution in [0.15, 0.2) is 30.3 Å². The molecular weight excluding hydrogens is 418 g/mol. The highest BCUT2D eigenvalue weighted by atomic mass is 35.5. The van der Waals surface area contributed by atoms with Crippen LogP contribution in [0.2, 0.25) is 10.0 Å². The van der Waals surface area contributed by atoms with E-state index < -0.39 is 27.5 Å². The van der Waals surface area contributed by atoms with Crippen molar-refractivity contribution >= 4 is 39.3 Å². The summed E-state index contributed by atoms with van der Waals surface area (Å²) in [7, 11) is -3.99. The van der Waals surface area contributed by atoms with E-state index in [1.807, 2.05) is 4.72 Å². The zero-order valence-corrected chi connectivity index (χ0v) is 16.5. The molecule has 2 aromatic carbocycles. The molecule has 0 saturated carbocycles. The summed E-state index contributed by atoms with van der Waals surface area (Å²) in [5, 5.41) is 0.505. The third kappa shape index (κ3) is 4.35. The molecule has 10 heteroatoms. The Bertz CT molecular complexity index is 1010. The van der Waals surface area contributed by atoms with Crippen molar-refractivity contribution in [1.82, 2.24) is 9.03 Å². The Morgan fingerprint density at radius 2 is 1.89 bits per heavy atom. The fourth-order valence-electron chi connectivity index (χ4n) is 2.35. The summed E-state index contributed by atoms with van der Waals surface area (Å²) < 4.78 is 46.8. The van der Waals surface area contributed by atoms with Crippen molar-refractivity contribution in [3.8, 4) is 11.5 Å². The third-order valence-corrected chi connectivity index (χ3v) is 6.21. The van der Waals surface area contributed by atoms with E-state index in [0.717, 1.165) is 22.0 Å². The molecule has 2 aromatic rings. The van der Waals surface area contributed by atoms with Gasteiger partial charge in [-0.15, -0.1) is 0 Å². The van der Waals surface area contributed by atoms with Crippen LogP contribution in [0, 0.1) is 12.7 Å². The monoisotopic (exact) mass is 432 g/mol. The van der Waals surface area contributed by atoms with Gasteiger partial charge in [0.25, 0.3) is 5.91 Å². The molecule has 0 unspecified atom stereocenters. The van der Waals surface area contributed by atoms with Gasteiger partial charge in [-0.05, 0) is 43.2 Å². The summed E-state index contributed by atoms with van der Waals surface area (Å²) in [6.45, 7) is 2.42. The molecule has 1 saturated heterocycles. The maximum absolute atomic E-state index is 14.4. The molecule has 0 spiro atoms. The van der Waals surface area contributed by atoms with Gasteiger partial charge in [-0.1, -0.05) is 23.2 Å². The SMILES string of the molecule is Cc1cc(Oc2cc(F)c(C(=O)NS(=O)(=O)N3CCC3)cc2Cl)ccc1Cl. The van der Waals surface area contributed by atoms with E-state index in [2.05, 4.69) is 0 Å². The van der Waals surface area contributed by atoms with Gasteiger partial charge in [0.1, 0.15) is 17.3 Å². The largest absolute Gasteiger partial charge is 0.456 e. The summed E-state index contributed by atoms with van der Waals surface area (Å²) in [4.78, 5) is 12.2. The number of hydrogen-bond acceptors (Lipinski definition) is 4. The molecule has 6 nitrogen and oxygen atoms in total. The fraction of sp³-hybridized carbons (Fsp3) is 0.235. The zero-order valence-electron chi connectivity index (χ0n) is 14.1. The molecule has 3 rings (SSSR count). The minimum Gasteiger partial charge on any atom is -0.456 e. The molecule has 27 heavy (non-hydrogen) atoms. The summed E-state index contributed by atoms with van der Waals surface area (Å²) in [5.41, 5.74) is 0.265. The molecule has 0 atom stereocenters. The molecule has 1 amide bonds. The number of nitrogens with one attached hydrogen (secondary N) is 1. The lowest BCUT2D eigenvalue weighted by atomic mass is 10.2. The predicted molar refractivity (Wildman–Crippen MR) is 100 cm³/mol. The second-order valence-corrected chi connectivity index (χ2v) is 8.45. The highest BCUT2D eigenvalue weighted by Gasteiger charge is 2.30. The molecule has 0 aliphatic carbocycles. The van der Waals surface area contributed by atoms with Gasteiger partial charge >= 0.3 is 10.2 Å². The molecule has 1 N–H and O–H groups in total. The zero-order chi connectivity index (χ0) is 19.8.